The van der Waals surface area contributed by atoms with E-state index in [1.165, 1.54) is 12.1 Å². The van der Waals surface area contributed by atoms with E-state index in [9.17, 15) is 12.8 Å². The number of sulfonamides is 1. The minimum atomic E-state index is -3.71. The average molecular weight is 352 g/mol. The fraction of sp³-hybridized carbons (Fsp3) is 0.412. The maximum atomic E-state index is 13.2. The number of benzene rings is 1. The van der Waals surface area contributed by atoms with Gasteiger partial charge in [0, 0.05) is 6.54 Å². The summed E-state index contributed by atoms with van der Waals surface area (Å²) in [4.78, 5) is 2.32. The summed E-state index contributed by atoms with van der Waals surface area (Å²) in [6.45, 7) is 3.64. The summed E-state index contributed by atoms with van der Waals surface area (Å²) in [6.07, 6.45) is 3.79. The summed E-state index contributed by atoms with van der Waals surface area (Å²) in [5, 5.41) is 0. The van der Waals surface area contributed by atoms with Gasteiger partial charge in [-0.2, -0.15) is 0 Å². The van der Waals surface area contributed by atoms with Crippen molar-refractivity contribution in [2.24, 2.45) is 0 Å². The van der Waals surface area contributed by atoms with E-state index in [1.807, 2.05) is 6.07 Å². The molecule has 5 nitrogen and oxygen atoms in total. The molecule has 1 fully saturated rings. The molecule has 0 amide bonds. The molecule has 1 unspecified atom stereocenters. The number of hydrogen-bond acceptors (Lipinski definition) is 4. The summed E-state index contributed by atoms with van der Waals surface area (Å²) < 4.78 is 46.5. The van der Waals surface area contributed by atoms with Gasteiger partial charge in [-0.1, -0.05) is 0 Å². The summed E-state index contributed by atoms with van der Waals surface area (Å²) in [7, 11) is -3.71. The lowest BCUT2D eigenvalue weighted by Crippen LogP contribution is -2.36. The zero-order valence-corrected chi connectivity index (χ0v) is 14.4. The first-order valence-corrected chi connectivity index (χ1v) is 9.49. The van der Waals surface area contributed by atoms with Gasteiger partial charge in [-0.05, 0) is 68.8 Å². The van der Waals surface area contributed by atoms with Crippen molar-refractivity contribution in [3.63, 3.8) is 0 Å². The number of nitrogens with one attached hydrogen (secondary N) is 1. The molecule has 2 aromatic rings. The zero-order valence-electron chi connectivity index (χ0n) is 13.5. The van der Waals surface area contributed by atoms with E-state index in [0.717, 1.165) is 37.8 Å². The number of nitrogens with zero attached hydrogens (tertiary/aromatic N) is 1. The van der Waals surface area contributed by atoms with Crippen LogP contribution in [-0.4, -0.2) is 33.0 Å². The Bertz CT molecular complexity index is 784. The number of hydrogen-bond donors (Lipinski definition) is 1. The van der Waals surface area contributed by atoms with E-state index >= 15 is 0 Å². The van der Waals surface area contributed by atoms with Crippen LogP contribution in [0.2, 0.25) is 0 Å². The molecule has 3 rings (SSSR count). The Morgan fingerprint density at radius 3 is 2.67 bits per heavy atom. The number of halogens is 1. The molecule has 7 heteroatoms. The van der Waals surface area contributed by atoms with Gasteiger partial charge in [-0.25, -0.2) is 17.5 Å². The normalized spacial score (nSPS) is 17.2. The van der Waals surface area contributed by atoms with Crippen molar-refractivity contribution in [3.05, 3.63) is 53.7 Å². The SMILES string of the molecule is Cc1cc(F)ccc1S(=O)(=O)NCC(c1ccco1)N1CCCC1. The van der Waals surface area contributed by atoms with Crippen LogP contribution < -0.4 is 4.72 Å². The van der Waals surface area contributed by atoms with Crippen LogP contribution in [0.1, 0.15) is 30.2 Å². The third kappa shape index (κ3) is 3.68. The molecule has 1 atom stereocenters. The fourth-order valence-electron chi connectivity index (χ4n) is 3.12. The Labute approximate surface area is 141 Å². The highest BCUT2D eigenvalue weighted by molar-refractivity contribution is 7.89. The second kappa shape index (κ2) is 7.04. The largest absolute Gasteiger partial charge is 0.468 e. The molecule has 0 saturated carbocycles. The molecule has 0 radical (unpaired) electrons. The molecule has 1 aromatic carbocycles. The molecular formula is C17H21FN2O3S. The first-order chi connectivity index (χ1) is 11.5. The fourth-order valence-corrected chi connectivity index (χ4v) is 4.39. The summed E-state index contributed by atoms with van der Waals surface area (Å²) in [5.74, 6) is 0.299. The van der Waals surface area contributed by atoms with E-state index < -0.39 is 15.8 Å². The van der Waals surface area contributed by atoms with Crippen LogP contribution in [-0.2, 0) is 10.0 Å². The molecule has 2 heterocycles. The maximum Gasteiger partial charge on any atom is 0.240 e. The van der Waals surface area contributed by atoms with Crippen LogP contribution in [0.25, 0.3) is 0 Å². The lowest BCUT2D eigenvalue weighted by Gasteiger charge is -2.26. The standard InChI is InChI=1S/C17H21FN2O3S/c1-13-11-14(18)6-7-17(13)24(21,22)19-12-15(16-5-4-10-23-16)20-8-2-3-9-20/h4-7,10-11,15,19H,2-3,8-9,12H2,1H3. The van der Waals surface area contributed by atoms with Gasteiger partial charge in [-0.15, -0.1) is 0 Å². The van der Waals surface area contributed by atoms with Crippen molar-refractivity contribution in [1.82, 2.24) is 9.62 Å². The summed E-state index contributed by atoms with van der Waals surface area (Å²) in [6, 6.07) is 7.20. The topological polar surface area (TPSA) is 62.6 Å². The monoisotopic (exact) mass is 352 g/mol. The Hall–Kier alpha value is -1.70. The predicted octanol–water partition coefficient (Wildman–Crippen LogP) is 2.84. The lowest BCUT2D eigenvalue weighted by atomic mass is 10.2. The van der Waals surface area contributed by atoms with Crippen molar-refractivity contribution < 1.29 is 17.2 Å². The minimum absolute atomic E-state index is 0.100. The highest BCUT2D eigenvalue weighted by Crippen LogP contribution is 2.25. The van der Waals surface area contributed by atoms with E-state index in [-0.39, 0.29) is 17.5 Å². The van der Waals surface area contributed by atoms with Gasteiger partial charge >= 0.3 is 0 Å². The molecule has 1 aliphatic rings. The van der Waals surface area contributed by atoms with Crippen molar-refractivity contribution >= 4 is 10.0 Å². The first-order valence-electron chi connectivity index (χ1n) is 8.00. The number of furan rings is 1. The highest BCUT2D eigenvalue weighted by Gasteiger charge is 2.27. The van der Waals surface area contributed by atoms with Gasteiger partial charge in [0.25, 0.3) is 0 Å². The Morgan fingerprint density at radius 1 is 1.29 bits per heavy atom. The summed E-state index contributed by atoms with van der Waals surface area (Å²) >= 11 is 0. The minimum Gasteiger partial charge on any atom is -0.468 e. The molecule has 1 aliphatic heterocycles. The Morgan fingerprint density at radius 2 is 2.04 bits per heavy atom. The van der Waals surface area contributed by atoms with Gasteiger partial charge in [0.05, 0.1) is 17.2 Å². The van der Waals surface area contributed by atoms with Gasteiger partial charge in [0.2, 0.25) is 10.0 Å². The second-order valence-corrected chi connectivity index (χ2v) is 7.77. The van der Waals surface area contributed by atoms with E-state index in [0.29, 0.717) is 5.56 Å². The van der Waals surface area contributed by atoms with Gasteiger partial charge in [-0.3, -0.25) is 4.90 Å². The van der Waals surface area contributed by atoms with Crippen LogP contribution in [0.15, 0.2) is 45.9 Å². The molecular weight excluding hydrogens is 331 g/mol. The number of rotatable bonds is 6. The molecule has 1 N–H and O–H groups in total. The zero-order chi connectivity index (χ0) is 17.2. The summed E-state index contributed by atoms with van der Waals surface area (Å²) in [5.41, 5.74) is 0.387. The molecule has 130 valence electrons. The Kier molecular flexibility index (Phi) is 5.03. The second-order valence-electron chi connectivity index (χ2n) is 6.04. The molecule has 1 aromatic heterocycles. The van der Waals surface area contributed by atoms with Crippen LogP contribution in [0.5, 0.6) is 0 Å². The third-order valence-corrected chi connectivity index (χ3v) is 5.93. The van der Waals surface area contributed by atoms with Gasteiger partial charge in [0.15, 0.2) is 0 Å². The number of aryl methyl sites for hydroxylation is 1. The Balaban J connectivity index is 1.78. The molecule has 24 heavy (non-hydrogen) atoms. The van der Waals surface area contributed by atoms with Crippen LogP contribution >= 0.6 is 0 Å². The maximum absolute atomic E-state index is 13.2. The van der Waals surface area contributed by atoms with E-state index in [1.54, 1.807) is 19.3 Å². The highest BCUT2D eigenvalue weighted by atomic mass is 32.2. The van der Waals surface area contributed by atoms with Crippen molar-refractivity contribution in [2.75, 3.05) is 19.6 Å². The number of likely N-dealkylation sites (tertiary alicyclic amines) is 1. The van der Waals surface area contributed by atoms with E-state index in [4.69, 9.17) is 4.42 Å². The average Bonchev–Trinajstić information content (AvgIpc) is 3.20. The predicted molar refractivity (Wildman–Crippen MR) is 88.6 cm³/mol. The van der Waals surface area contributed by atoms with Gasteiger partial charge in [0.1, 0.15) is 11.6 Å². The molecule has 0 bridgehead atoms. The van der Waals surface area contributed by atoms with Gasteiger partial charge < -0.3 is 4.42 Å². The van der Waals surface area contributed by atoms with Crippen LogP contribution in [0.3, 0.4) is 0 Å². The van der Waals surface area contributed by atoms with Crippen LogP contribution in [0, 0.1) is 12.7 Å². The third-order valence-electron chi connectivity index (χ3n) is 4.35. The molecule has 0 aliphatic carbocycles. The first kappa shape index (κ1) is 17.1. The van der Waals surface area contributed by atoms with E-state index in [2.05, 4.69) is 9.62 Å². The quantitative estimate of drug-likeness (QED) is 0.868. The van der Waals surface area contributed by atoms with Crippen molar-refractivity contribution in [3.8, 4) is 0 Å². The van der Waals surface area contributed by atoms with Crippen LogP contribution in [0.4, 0.5) is 4.39 Å². The van der Waals surface area contributed by atoms with Crippen molar-refractivity contribution in [2.45, 2.75) is 30.7 Å². The smallest absolute Gasteiger partial charge is 0.240 e. The lowest BCUT2D eigenvalue weighted by molar-refractivity contribution is 0.216. The molecule has 1 saturated heterocycles. The van der Waals surface area contributed by atoms with Crippen molar-refractivity contribution in [1.29, 1.82) is 0 Å². The molecule has 0 spiro atoms.